The molecule has 0 unspecified atom stereocenters. The number of carbonyl (C=O) groups excluding carboxylic acids is 1. The fourth-order valence-corrected chi connectivity index (χ4v) is 4.13. The molecule has 1 saturated heterocycles. The number of anilines is 1. The summed E-state index contributed by atoms with van der Waals surface area (Å²) in [6.07, 6.45) is 0. The number of rotatable bonds is 7. The molecule has 1 heterocycles. The molecule has 6 heteroatoms. The van der Waals surface area contributed by atoms with Crippen molar-refractivity contribution in [3.63, 3.8) is 0 Å². The van der Waals surface area contributed by atoms with Crippen LogP contribution in [0.5, 0.6) is 11.5 Å². The average molecular weight is 463 g/mol. The van der Waals surface area contributed by atoms with Crippen LogP contribution in [0.2, 0.25) is 0 Å². The average Bonchev–Trinajstić information content (AvgIpc) is 2.85. The quantitative estimate of drug-likeness (QED) is 0.473. The highest BCUT2D eigenvalue weighted by Crippen LogP contribution is 2.26. The molecule has 1 aliphatic heterocycles. The second-order valence-electron chi connectivity index (χ2n) is 8.52. The predicted octanol–water partition coefficient (Wildman–Crippen LogP) is 5.38. The van der Waals surface area contributed by atoms with Gasteiger partial charge in [-0.05, 0) is 74.4 Å². The molecule has 0 aromatic heterocycles. The van der Waals surface area contributed by atoms with Gasteiger partial charge in [-0.15, -0.1) is 0 Å². The van der Waals surface area contributed by atoms with E-state index >= 15 is 0 Å². The molecule has 1 fully saturated rings. The SMILES string of the molecule is CCOc1ccc(C(=O)N2CCN(c3ccccc3F)CC2)cc1COc1ccc(C)c(C)c1. The molecule has 178 valence electrons. The third-order valence-corrected chi connectivity index (χ3v) is 6.24. The van der Waals surface area contributed by atoms with Gasteiger partial charge in [-0.3, -0.25) is 4.79 Å². The molecule has 1 amide bonds. The maximum atomic E-state index is 14.1. The number of hydrogen-bond donors (Lipinski definition) is 0. The van der Waals surface area contributed by atoms with Crippen LogP contribution in [0.1, 0.15) is 34.0 Å². The Morgan fingerprint density at radius 2 is 1.68 bits per heavy atom. The summed E-state index contributed by atoms with van der Waals surface area (Å²) in [5.41, 5.74) is 4.39. The Bertz CT molecular complexity index is 1160. The lowest BCUT2D eigenvalue weighted by Gasteiger charge is -2.36. The monoisotopic (exact) mass is 462 g/mol. The molecule has 0 atom stereocenters. The molecule has 0 N–H and O–H groups in total. The molecule has 34 heavy (non-hydrogen) atoms. The van der Waals surface area contributed by atoms with Crippen LogP contribution in [0.15, 0.2) is 60.7 Å². The molecule has 3 aromatic rings. The van der Waals surface area contributed by atoms with E-state index in [1.54, 1.807) is 18.2 Å². The molecule has 0 spiro atoms. The molecule has 0 radical (unpaired) electrons. The lowest BCUT2D eigenvalue weighted by molar-refractivity contribution is 0.0746. The van der Waals surface area contributed by atoms with Crippen molar-refractivity contribution in [3.05, 3.63) is 88.7 Å². The van der Waals surface area contributed by atoms with Crippen molar-refractivity contribution in [1.82, 2.24) is 4.90 Å². The number of amides is 1. The summed E-state index contributed by atoms with van der Waals surface area (Å²) in [6, 6.07) is 18.3. The van der Waals surface area contributed by atoms with Crippen molar-refractivity contribution >= 4 is 11.6 Å². The standard InChI is InChI=1S/C28H31FN2O3/c1-4-33-27-12-10-22(18-23(27)19-34-24-11-9-20(2)21(3)17-24)28(32)31-15-13-30(14-16-31)26-8-6-5-7-25(26)29/h5-12,17-18H,4,13-16,19H2,1-3H3. The zero-order valence-corrected chi connectivity index (χ0v) is 20.0. The number of aryl methyl sites for hydroxylation is 2. The molecular formula is C28H31FN2O3. The number of ether oxygens (including phenoxy) is 2. The molecule has 3 aromatic carbocycles. The van der Waals surface area contributed by atoms with Gasteiger partial charge in [0.25, 0.3) is 5.91 Å². The zero-order chi connectivity index (χ0) is 24.1. The second-order valence-corrected chi connectivity index (χ2v) is 8.52. The van der Waals surface area contributed by atoms with Crippen molar-refractivity contribution in [2.75, 3.05) is 37.7 Å². The van der Waals surface area contributed by atoms with Crippen LogP contribution in [-0.4, -0.2) is 43.6 Å². The van der Waals surface area contributed by atoms with E-state index in [-0.39, 0.29) is 11.7 Å². The Labute approximate surface area is 200 Å². The minimum Gasteiger partial charge on any atom is -0.493 e. The van der Waals surface area contributed by atoms with Gasteiger partial charge < -0.3 is 19.3 Å². The first-order valence-electron chi connectivity index (χ1n) is 11.7. The maximum absolute atomic E-state index is 14.1. The van der Waals surface area contributed by atoms with E-state index in [1.807, 2.05) is 53.1 Å². The summed E-state index contributed by atoms with van der Waals surface area (Å²) in [7, 11) is 0. The van der Waals surface area contributed by atoms with Crippen LogP contribution in [0.25, 0.3) is 0 Å². The molecule has 4 rings (SSSR count). The molecule has 0 bridgehead atoms. The fraction of sp³-hybridized carbons (Fsp3) is 0.321. The Kier molecular flexibility index (Phi) is 7.36. The van der Waals surface area contributed by atoms with Crippen molar-refractivity contribution < 1.29 is 18.7 Å². The molecule has 1 aliphatic rings. The number of hydrogen-bond acceptors (Lipinski definition) is 4. The highest BCUT2D eigenvalue weighted by atomic mass is 19.1. The van der Waals surface area contributed by atoms with Crippen LogP contribution < -0.4 is 14.4 Å². The lowest BCUT2D eigenvalue weighted by atomic mass is 10.1. The van der Waals surface area contributed by atoms with E-state index in [2.05, 4.69) is 13.8 Å². The van der Waals surface area contributed by atoms with Crippen LogP contribution >= 0.6 is 0 Å². The number of carbonyl (C=O) groups is 1. The van der Waals surface area contributed by atoms with Crippen LogP contribution in [-0.2, 0) is 6.61 Å². The van der Waals surface area contributed by atoms with Gasteiger partial charge in [0.1, 0.15) is 23.9 Å². The number of benzene rings is 3. The topological polar surface area (TPSA) is 42.0 Å². The van der Waals surface area contributed by atoms with Crippen molar-refractivity contribution in [3.8, 4) is 11.5 Å². The van der Waals surface area contributed by atoms with E-state index in [4.69, 9.17) is 9.47 Å². The lowest BCUT2D eigenvalue weighted by Crippen LogP contribution is -2.49. The summed E-state index contributed by atoms with van der Waals surface area (Å²) in [4.78, 5) is 17.0. The van der Waals surface area contributed by atoms with Gasteiger partial charge in [-0.2, -0.15) is 0 Å². The van der Waals surface area contributed by atoms with E-state index in [0.717, 1.165) is 11.3 Å². The molecule has 0 saturated carbocycles. The first-order chi connectivity index (χ1) is 16.5. The van der Waals surface area contributed by atoms with E-state index < -0.39 is 0 Å². The van der Waals surface area contributed by atoms with E-state index in [1.165, 1.54) is 17.2 Å². The molecule has 5 nitrogen and oxygen atoms in total. The summed E-state index contributed by atoms with van der Waals surface area (Å²) in [5, 5.41) is 0. The van der Waals surface area contributed by atoms with Crippen molar-refractivity contribution in [2.45, 2.75) is 27.4 Å². The Morgan fingerprint density at radius 1 is 0.912 bits per heavy atom. The van der Waals surface area contributed by atoms with Gasteiger partial charge in [0, 0.05) is 37.3 Å². The Balaban J connectivity index is 1.45. The minimum absolute atomic E-state index is 0.0383. The van der Waals surface area contributed by atoms with Gasteiger partial charge >= 0.3 is 0 Å². The minimum atomic E-state index is -0.234. The van der Waals surface area contributed by atoms with Crippen LogP contribution in [0, 0.1) is 19.7 Å². The van der Waals surface area contributed by atoms with Gasteiger partial charge in [-0.25, -0.2) is 4.39 Å². The number of halogens is 1. The summed E-state index contributed by atoms with van der Waals surface area (Å²) < 4.78 is 25.9. The smallest absolute Gasteiger partial charge is 0.253 e. The normalized spacial score (nSPS) is 13.6. The summed E-state index contributed by atoms with van der Waals surface area (Å²) >= 11 is 0. The van der Waals surface area contributed by atoms with E-state index in [9.17, 15) is 9.18 Å². The molecular weight excluding hydrogens is 431 g/mol. The highest BCUT2D eigenvalue weighted by Gasteiger charge is 2.24. The van der Waals surface area contributed by atoms with E-state index in [0.29, 0.717) is 56.4 Å². The maximum Gasteiger partial charge on any atom is 0.253 e. The fourth-order valence-electron chi connectivity index (χ4n) is 4.13. The number of nitrogens with zero attached hydrogens (tertiary/aromatic N) is 2. The summed E-state index contributed by atoms with van der Waals surface area (Å²) in [6.45, 7) is 9.14. The Morgan fingerprint density at radius 3 is 2.38 bits per heavy atom. The highest BCUT2D eigenvalue weighted by molar-refractivity contribution is 5.94. The molecule has 0 aliphatic carbocycles. The number of para-hydroxylation sites is 1. The summed E-state index contributed by atoms with van der Waals surface area (Å²) in [5.74, 6) is 1.23. The largest absolute Gasteiger partial charge is 0.493 e. The third-order valence-electron chi connectivity index (χ3n) is 6.24. The van der Waals surface area contributed by atoms with Crippen LogP contribution in [0.4, 0.5) is 10.1 Å². The van der Waals surface area contributed by atoms with Gasteiger partial charge in [0.15, 0.2) is 0 Å². The second kappa shape index (κ2) is 10.6. The third kappa shape index (κ3) is 5.33. The first-order valence-corrected chi connectivity index (χ1v) is 11.7. The Hall–Kier alpha value is -3.54. The zero-order valence-electron chi connectivity index (χ0n) is 20.0. The predicted molar refractivity (Wildman–Crippen MR) is 132 cm³/mol. The van der Waals surface area contributed by atoms with Gasteiger partial charge in [0.2, 0.25) is 0 Å². The van der Waals surface area contributed by atoms with Crippen LogP contribution in [0.3, 0.4) is 0 Å². The first kappa shape index (κ1) is 23.6. The van der Waals surface area contributed by atoms with Crippen molar-refractivity contribution in [1.29, 1.82) is 0 Å². The van der Waals surface area contributed by atoms with Gasteiger partial charge in [-0.1, -0.05) is 18.2 Å². The van der Waals surface area contributed by atoms with Gasteiger partial charge in [0.05, 0.1) is 12.3 Å². The van der Waals surface area contributed by atoms with Crippen molar-refractivity contribution in [2.24, 2.45) is 0 Å². The number of piperazine rings is 1.